The predicted octanol–water partition coefficient (Wildman–Crippen LogP) is 1.36. The van der Waals surface area contributed by atoms with Gasteiger partial charge in [0.15, 0.2) is 11.5 Å². The summed E-state index contributed by atoms with van der Waals surface area (Å²) in [6.07, 6.45) is 1.78. The van der Waals surface area contributed by atoms with Crippen molar-refractivity contribution in [1.82, 2.24) is 5.01 Å². The lowest BCUT2D eigenvalue weighted by molar-refractivity contribution is -0.918. The minimum absolute atomic E-state index is 0.276. The number of esters is 1. The van der Waals surface area contributed by atoms with Gasteiger partial charge in [-0.3, -0.25) is 9.80 Å². The molecule has 3 rings (SSSR count). The van der Waals surface area contributed by atoms with E-state index in [-0.39, 0.29) is 5.75 Å². The molecule has 1 aliphatic rings. The molecule has 0 aliphatic carbocycles. The van der Waals surface area contributed by atoms with Crippen LogP contribution in [0.1, 0.15) is 18.1 Å². The lowest BCUT2D eigenvalue weighted by Gasteiger charge is -2.30. The Labute approximate surface area is 171 Å². The van der Waals surface area contributed by atoms with Gasteiger partial charge >= 0.3 is 5.97 Å². The predicted molar refractivity (Wildman–Crippen MR) is 111 cm³/mol. The zero-order valence-corrected chi connectivity index (χ0v) is 17.2. The van der Waals surface area contributed by atoms with Gasteiger partial charge in [-0.25, -0.2) is 0 Å². The van der Waals surface area contributed by atoms with Crippen LogP contribution in [0, 0.1) is 0 Å². The Morgan fingerprint density at radius 3 is 2.28 bits per heavy atom. The molecule has 0 aromatic heterocycles. The second kappa shape index (κ2) is 9.93. The summed E-state index contributed by atoms with van der Waals surface area (Å²) in [5.74, 6) is 0.702. The molecule has 0 amide bonds. The van der Waals surface area contributed by atoms with Crippen LogP contribution in [0.5, 0.6) is 17.2 Å². The lowest BCUT2D eigenvalue weighted by Crippen LogP contribution is -3.13. The average Bonchev–Trinajstić information content (AvgIpc) is 2.74. The van der Waals surface area contributed by atoms with Gasteiger partial charge in [0, 0.05) is 18.1 Å². The van der Waals surface area contributed by atoms with Gasteiger partial charge in [0.2, 0.25) is 5.75 Å². The zero-order chi connectivity index (χ0) is 20.6. The third kappa shape index (κ3) is 5.71. The van der Waals surface area contributed by atoms with Gasteiger partial charge in [-0.05, 0) is 12.1 Å². The van der Waals surface area contributed by atoms with E-state index in [4.69, 9.17) is 14.2 Å². The van der Waals surface area contributed by atoms with Crippen molar-refractivity contribution < 1.29 is 23.9 Å². The van der Waals surface area contributed by atoms with E-state index < -0.39 is 5.97 Å². The fraction of sp³-hybridized carbons (Fsp3) is 0.364. The maximum atomic E-state index is 11.3. The van der Waals surface area contributed by atoms with Crippen LogP contribution in [0.4, 0.5) is 0 Å². The molecule has 0 saturated carbocycles. The molecule has 2 aromatic rings. The van der Waals surface area contributed by atoms with E-state index in [0.29, 0.717) is 11.5 Å². The molecular formula is C22H28N3O4+. The third-order valence-corrected chi connectivity index (χ3v) is 4.84. The number of hydrogen-bond acceptors (Lipinski definition) is 6. The van der Waals surface area contributed by atoms with Crippen molar-refractivity contribution in [3.05, 3.63) is 53.6 Å². The molecule has 29 heavy (non-hydrogen) atoms. The number of nitrogens with zero attached hydrogens (tertiary/aromatic N) is 2. The van der Waals surface area contributed by atoms with Crippen molar-refractivity contribution in [2.24, 2.45) is 5.10 Å². The highest BCUT2D eigenvalue weighted by Crippen LogP contribution is 2.38. The Bertz CT molecular complexity index is 821. The van der Waals surface area contributed by atoms with E-state index in [1.54, 1.807) is 23.2 Å². The van der Waals surface area contributed by atoms with Gasteiger partial charge in [-0.15, -0.1) is 0 Å². The van der Waals surface area contributed by atoms with Crippen molar-refractivity contribution in [2.45, 2.75) is 13.5 Å². The molecule has 154 valence electrons. The number of quaternary nitrogens is 1. The summed E-state index contributed by atoms with van der Waals surface area (Å²) in [6, 6.07) is 14.1. The minimum atomic E-state index is -0.432. The van der Waals surface area contributed by atoms with E-state index in [9.17, 15) is 4.79 Å². The SMILES string of the molecule is COc1cc(C=NN2CC[NH+](Cc3ccccc3)CC2)cc(OC)c1OC(C)=O. The Morgan fingerprint density at radius 1 is 1.10 bits per heavy atom. The van der Waals surface area contributed by atoms with Crippen LogP contribution in [-0.4, -0.2) is 57.6 Å². The first-order valence-electron chi connectivity index (χ1n) is 9.70. The summed E-state index contributed by atoms with van der Waals surface area (Å²) in [4.78, 5) is 12.9. The summed E-state index contributed by atoms with van der Waals surface area (Å²) >= 11 is 0. The molecule has 0 unspecified atom stereocenters. The van der Waals surface area contributed by atoms with Crippen LogP contribution in [0.15, 0.2) is 47.6 Å². The molecule has 0 bridgehead atoms. The highest BCUT2D eigenvalue weighted by molar-refractivity contribution is 5.83. The standard InChI is InChI=1S/C22H27N3O4/c1-17(26)29-22-20(27-2)13-19(14-21(22)28-3)15-23-25-11-9-24(10-12-25)16-18-7-5-4-6-8-18/h4-8,13-15H,9-12,16H2,1-3H3/p+1. The first kappa shape index (κ1) is 20.7. The summed E-state index contributed by atoms with van der Waals surface area (Å²) in [5.41, 5.74) is 2.18. The quantitative estimate of drug-likeness (QED) is 0.434. The maximum absolute atomic E-state index is 11.3. The third-order valence-electron chi connectivity index (χ3n) is 4.84. The van der Waals surface area contributed by atoms with Crippen LogP contribution in [-0.2, 0) is 11.3 Å². The molecule has 0 atom stereocenters. The topological polar surface area (TPSA) is 64.8 Å². The van der Waals surface area contributed by atoms with E-state index in [2.05, 4.69) is 34.4 Å². The Kier molecular flexibility index (Phi) is 7.08. The Morgan fingerprint density at radius 2 is 1.72 bits per heavy atom. The van der Waals surface area contributed by atoms with Gasteiger partial charge in [-0.2, -0.15) is 5.10 Å². The lowest BCUT2D eigenvalue weighted by atomic mass is 10.2. The summed E-state index contributed by atoms with van der Waals surface area (Å²) < 4.78 is 15.9. The number of hydrazone groups is 1. The van der Waals surface area contributed by atoms with Crippen LogP contribution in [0.2, 0.25) is 0 Å². The second-order valence-electron chi connectivity index (χ2n) is 6.96. The monoisotopic (exact) mass is 398 g/mol. The van der Waals surface area contributed by atoms with Gasteiger partial charge in [0.05, 0.1) is 46.6 Å². The molecule has 1 aliphatic heterocycles. The smallest absolute Gasteiger partial charge is 0.308 e. The van der Waals surface area contributed by atoms with Crippen molar-refractivity contribution in [1.29, 1.82) is 0 Å². The summed E-state index contributed by atoms with van der Waals surface area (Å²) in [5, 5.41) is 6.69. The van der Waals surface area contributed by atoms with Gasteiger partial charge < -0.3 is 19.1 Å². The molecule has 1 heterocycles. The fourth-order valence-electron chi connectivity index (χ4n) is 3.36. The number of rotatable bonds is 7. The molecular weight excluding hydrogens is 370 g/mol. The van der Waals surface area contributed by atoms with Gasteiger partial charge in [-0.1, -0.05) is 30.3 Å². The van der Waals surface area contributed by atoms with Gasteiger partial charge in [0.25, 0.3) is 0 Å². The highest BCUT2D eigenvalue weighted by Gasteiger charge is 2.19. The molecule has 1 N–H and O–H groups in total. The van der Waals surface area contributed by atoms with Crippen LogP contribution >= 0.6 is 0 Å². The van der Waals surface area contributed by atoms with E-state index in [0.717, 1.165) is 38.3 Å². The average molecular weight is 398 g/mol. The number of carbonyl (C=O) groups is 1. The molecule has 7 nitrogen and oxygen atoms in total. The van der Waals surface area contributed by atoms with E-state index >= 15 is 0 Å². The number of piperazine rings is 1. The van der Waals surface area contributed by atoms with Crippen molar-refractivity contribution in [3.63, 3.8) is 0 Å². The number of nitrogens with one attached hydrogen (secondary N) is 1. The first-order valence-corrected chi connectivity index (χ1v) is 9.70. The Hall–Kier alpha value is -3.06. The van der Waals surface area contributed by atoms with Crippen molar-refractivity contribution in [3.8, 4) is 17.2 Å². The van der Waals surface area contributed by atoms with Crippen LogP contribution in [0.3, 0.4) is 0 Å². The molecule has 7 heteroatoms. The summed E-state index contributed by atoms with van der Waals surface area (Å²) in [7, 11) is 3.05. The zero-order valence-electron chi connectivity index (χ0n) is 17.2. The van der Waals surface area contributed by atoms with E-state index in [1.807, 2.05) is 6.07 Å². The molecule has 0 spiro atoms. The largest absolute Gasteiger partial charge is 0.493 e. The van der Waals surface area contributed by atoms with Crippen LogP contribution < -0.4 is 19.1 Å². The minimum Gasteiger partial charge on any atom is -0.493 e. The second-order valence-corrected chi connectivity index (χ2v) is 6.96. The molecule has 1 fully saturated rings. The van der Waals surface area contributed by atoms with Crippen molar-refractivity contribution in [2.75, 3.05) is 40.4 Å². The highest BCUT2D eigenvalue weighted by atomic mass is 16.6. The van der Waals surface area contributed by atoms with E-state index in [1.165, 1.54) is 26.7 Å². The first-order chi connectivity index (χ1) is 14.1. The van der Waals surface area contributed by atoms with Crippen molar-refractivity contribution >= 4 is 12.2 Å². The number of carbonyl (C=O) groups excluding carboxylic acids is 1. The number of benzene rings is 2. The number of methoxy groups -OCH3 is 2. The van der Waals surface area contributed by atoms with Gasteiger partial charge in [0.1, 0.15) is 6.54 Å². The maximum Gasteiger partial charge on any atom is 0.308 e. The number of ether oxygens (including phenoxy) is 3. The molecule has 0 radical (unpaired) electrons. The summed E-state index contributed by atoms with van der Waals surface area (Å²) in [6.45, 7) is 6.28. The normalized spacial score (nSPS) is 14.8. The molecule has 1 saturated heterocycles. The number of hydrogen-bond donors (Lipinski definition) is 1. The Balaban J connectivity index is 1.62. The van der Waals surface area contributed by atoms with Crippen LogP contribution in [0.25, 0.3) is 0 Å². The molecule has 2 aromatic carbocycles. The fourth-order valence-corrected chi connectivity index (χ4v) is 3.36.